The van der Waals surface area contributed by atoms with Crippen molar-refractivity contribution in [3.05, 3.63) is 23.8 Å². The summed E-state index contributed by atoms with van der Waals surface area (Å²) in [5, 5.41) is 10.6. The third kappa shape index (κ3) is 3.85. The van der Waals surface area contributed by atoms with Gasteiger partial charge in [0.1, 0.15) is 5.60 Å². The van der Waals surface area contributed by atoms with Crippen molar-refractivity contribution in [2.75, 3.05) is 26.9 Å². The normalized spacial score (nSPS) is 13.9. The fraction of sp³-hybridized carbons (Fsp3) is 0.600. The van der Waals surface area contributed by atoms with E-state index < -0.39 is 5.60 Å². The van der Waals surface area contributed by atoms with E-state index in [-0.39, 0.29) is 6.61 Å². The van der Waals surface area contributed by atoms with Crippen molar-refractivity contribution in [1.29, 1.82) is 0 Å². The van der Waals surface area contributed by atoms with E-state index in [0.29, 0.717) is 31.1 Å². The SMILES string of the molecule is CCOc1ccc(C(O)(CC)COC)cc1OCC. The molecule has 0 aliphatic rings. The van der Waals surface area contributed by atoms with Crippen LogP contribution in [0.2, 0.25) is 0 Å². The average Bonchev–Trinajstić information content (AvgIpc) is 2.41. The highest BCUT2D eigenvalue weighted by Gasteiger charge is 2.28. The summed E-state index contributed by atoms with van der Waals surface area (Å²) in [5.74, 6) is 1.36. The number of ether oxygens (including phenoxy) is 3. The van der Waals surface area contributed by atoms with Crippen molar-refractivity contribution >= 4 is 0 Å². The molecule has 0 saturated heterocycles. The lowest BCUT2D eigenvalue weighted by atomic mass is 9.91. The first-order valence-electron chi connectivity index (χ1n) is 6.72. The van der Waals surface area contributed by atoms with Crippen molar-refractivity contribution < 1.29 is 19.3 Å². The summed E-state index contributed by atoms with van der Waals surface area (Å²) in [7, 11) is 1.58. The zero-order valence-corrected chi connectivity index (χ0v) is 12.2. The third-order valence-electron chi connectivity index (χ3n) is 3.05. The molecule has 19 heavy (non-hydrogen) atoms. The molecule has 0 fully saturated rings. The maximum absolute atomic E-state index is 10.6. The summed E-state index contributed by atoms with van der Waals surface area (Å²) in [6.45, 7) is 7.16. The smallest absolute Gasteiger partial charge is 0.161 e. The van der Waals surface area contributed by atoms with Gasteiger partial charge >= 0.3 is 0 Å². The van der Waals surface area contributed by atoms with Gasteiger partial charge in [0.25, 0.3) is 0 Å². The first-order chi connectivity index (χ1) is 9.11. The molecule has 4 heteroatoms. The molecule has 0 amide bonds. The summed E-state index contributed by atoms with van der Waals surface area (Å²) in [6.07, 6.45) is 0.570. The van der Waals surface area contributed by atoms with Gasteiger partial charge in [0.15, 0.2) is 11.5 Å². The molecule has 1 atom stereocenters. The molecule has 0 saturated carbocycles. The van der Waals surface area contributed by atoms with E-state index in [1.807, 2.05) is 39.0 Å². The molecular formula is C15H24O4. The number of hydrogen-bond donors (Lipinski definition) is 1. The molecule has 4 nitrogen and oxygen atoms in total. The van der Waals surface area contributed by atoms with Gasteiger partial charge in [-0.1, -0.05) is 13.0 Å². The fourth-order valence-electron chi connectivity index (χ4n) is 1.97. The van der Waals surface area contributed by atoms with Crippen molar-refractivity contribution in [3.63, 3.8) is 0 Å². The summed E-state index contributed by atoms with van der Waals surface area (Å²) in [6, 6.07) is 5.52. The monoisotopic (exact) mass is 268 g/mol. The maximum Gasteiger partial charge on any atom is 0.161 e. The summed E-state index contributed by atoms with van der Waals surface area (Å²) >= 11 is 0. The Labute approximate surface area is 115 Å². The largest absolute Gasteiger partial charge is 0.490 e. The van der Waals surface area contributed by atoms with Gasteiger partial charge in [-0.2, -0.15) is 0 Å². The van der Waals surface area contributed by atoms with Crippen LogP contribution in [0.25, 0.3) is 0 Å². The molecule has 1 unspecified atom stereocenters. The molecule has 0 aromatic heterocycles. The molecule has 0 aliphatic heterocycles. The van der Waals surface area contributed by atoms with E-state index in [9.17, 15) is 5.11 Å². The van der Waals surface area contributed by atoms with Crippen LogP contribution in [-0.2, 0) is 10.3 Å². The van der Waals surface area contributed by atoms with Gasteiger partial charge in [0.05, 0.1) is 19.8 Å². The minimum absolute atomic E-state index is 0.253. The van der Waals surface area contributed by atoms with Crippen LogP contribution in [0.1, 0.15) is 32.8 Å². The average molecular weight is 268 g/mol. The first kappa shape index (κ1) is 15.8. The van der Waals surface area contributed by atoms with Gasteiger partial charge in [0.2, 0.25) is 0 Å². The molecule has 0 heterocycles. The van der Waals surface area contributed by atoms with Crippen LogP contribution in [-0.4, -0.2) is 32.0 Å². The molecule has 108 valence electrons. The molecule has 1 aromatic carbocycles. The Kier molecular flexibility index (Phi) is 6.12. The van der Waals surface area contributed by atoms with E-state index in [1.165, 1.54) is 0 Å². The van der Waals surface area contributed by atoms with Crippen molar-refractivity contribution in [1.82, 2.24) is 0 Å². The van der Waals surface area contributed by atoms with Crippen LogP contribution in [0.15, 0.2) is 18.2 Å². The Morgan fingerprint density at radius 1 is 1.05 bits per heavy atom. The standard InChI is InChI=1S/C15H24O4/c1-5-15(16,11-17-4)12-8-9-13(18-6-2)14(10-12)19-7-3/h8-10,16H,5-7,11H2,1-4H3. The zero-order chi connectivity index (χ0) is 14.3. The third-order valence-corrected chi connectivity index (χ3v) is 3.05. The molecule has 1 rings (SSSR count). The highest BCUT2D eigenvalue weighted by molar-refractivity contribution is 5.44. The molecule has 0 bridgehead atoms. The zero-order valence-electron chi connectivity index (χ0n) is 12.2. The minimum Gasteiger partial charge on any atom is -0.490 e. The second-order valence-electron chi connectivity index (χ2n) is 4.35. The predicted octanol–water partition coefficient (Wildman–Crippen LogP) is 2.73. The van der Waals surface area contributed by atoms with Gasteiger partial charge < -0.3 is 19.3 Å². The number of methoxy groups -OCH3 is 1. The highest BCUT2D eigenvalue weighted by Crippen LogP contribution is 2.34. The topological polar surface area (TPSA) is 47.9 Å². The highest BCUT2D eigenvalue weighted by atomic mass is 16.5. The number of aliphatic hydroxyl groups is 1. The first-order valence-corrected chi connectivity index (χ1v) is 6.72. The van der Waals surface area contributed by atoms with Gasteiger partial charge in [0, 0.05) is 7.11 Å². The second kappa shape index (κ2) is 7.36. The van der Waals surface area contributed by atoms with Crippen molar-refractivity contribution in [3.8, 4) is 11.5 Å². The van der Waals surface area contributed by atoms with Crippen LogP contribution in [0.3, 0.4) is 0 Å². The second-order valence-corrected chi connectivity index (χ2v) is 4.35. The molecule has 0 spiro atoms. The van der Waals surface area contributed by atoms with Gasteiger partial charge in [-0.25, -0.2) is 0 Å². The molecule has 1 aromatic rings. The Balaban J connectivity index is 3.11. The van der Waals surface area contributed by atoms with Crippen LogP contribution < -0.4 is 9.47 Å². The van der Waals surface area contributed by atoms with Gasteiger partial charge in [-0.05, 0) is 38.0 Å². The van der Waals surface area contributed by atoms with Crippen molar-refractivity contribution in [2.45, 2.75) is 32.8 Å². The summed E-state index contributed by atoms with van der Waals surface area (Å²) < 4.78 is 16.2. The Bertz CT molecular complexity index is 392. The quantitative estimate of drug-likeness (QED) is 0.787. The Morgan fingerprint density at radius 2 is 1.68 bits per heavy atom. The number of benzene rings is 1. The molecular weight excluding hydrogens is 244 g/mol. The molecule has 1 N–H and O–H groups in total. The maximum atomic E-state index is 10.6. The van der Waals surface area contributed by atoms with E-state index in [4.69, 9.17) is 14.2 Å². The van der Waals surface area contributed by atoms with E-state index >= 15 is 0 Å². The van der Waals surface area contributed by atoms with E-state index in [2.05, 4.69) is 0 Å². The Hall–Kier alpha value is -1.26. The van der Waals surface area contributed by atoms with Crippen molar-refractivity contribution in [2.24, 2.45) is 0 Å². The summed E-state index contributed by atoms with van der Waals surface area (Å²) in [5.41, 5.74) is -0.213. The van der Waals surface area contributed by atoms with E-state index in [1.54, 1.807) is 7.11 Å². The lowest BCUT2D eigenvalue weighted by molar-refractivity contribution is -0.0387. The lowest BCUT2D eigenvalue weighted by Crippen LogP contribution is -2.30. The van der Waals surface area contributed by atoms with Crippen LogP contribution >= 0.6 is 0 Å². The van der Waals surface area contributed by atoms with Crippen LogP contribution in [0.5, 0.6) is 11.5 Å². The lowest BCUT2D eigenvalue weighted by Gasteiger charge is -2.27. The number of rotatable bonds is 8. The Morgan fingerprint density at radius 3 is 2.21 bits per heavy atom. The fourth-order valence-corrected chi connectivity index (χ4v) is 1.97. The minimum atomic E-state index is -0.995. The molecule has 0 radical (unpaired) electrons. The number of hydrogen-bond acceptors (Lipinski definition) is 4. The summed E-state index contributed by atoms with van der Waals surface area (Å²) in [4.78, 5) is 0. The predicted molar refractivity (Wildman–Crippen MR) is 74.8 cm³/mol. The molecule has 0 aliphatic carbocycles. The van der Waals surface area contributed by atoms with Gasteiger partial charge in [-0.3, -0.25) is 0 Å². The van der Waals surface area contributed by atoms with E-state index in [0.717, 1.165) is 5.56 Å². The van der Waals surface area contributed by atoms with Crippen LogP contribution in [0.4, 0.5) is 0 Å². The van der Waals surface area contributed by atoms with Gasteiger partial charge in [-0.15, -0.1) is 0 Å². The van der Waals surface area contributed by atoms with Crippen LogP contribution in [0, 0.1) is 0 Å².